The van der Waals surface area contributed by atoms with Crippen LogP contribution in [0.15, 0.2) is 91.0 Å². The molecule has 0 atom stereocenters. The van der Waals surface area contributed by atoms with Crippen molar-refractivity contribution in [2.24, 2.45) is 11.8 Å². The molecule has 0 unspecified atom stereocenters. The van der Waals surface area contributed by atoms with Crippen LogP contribution in [0.5, 0.6) is 11.5 Å². The Bertz CT molecular complexity index is 1340. The number of amides is 2. The number of imide groups is 1. The van der Waals surface area contributed by atoms with Crippen LogP contribution in [-0.2, 0) is 17.6 Å². The summed E-state index contributed by atoms with van der Waals surface area (Å²) in [6, 6.07) is 27.9. The predicted octanol–water partition coefficient (Wildman–Crippen LogP) is 5.22. The van der Waals surface area contributed by atoms with Gasteiger partial charge in [0.05, 0.1) is 12.1 Å². The third-order valence-corrected chi connectivity index (χ3v) is 5.52. The average Bonchev–Trinajstić information content (AvgIpc) is 2.89. The minimum Gasteiger partial charge on any atom is -0.457 e. The summed E-state index contributed by atoms with van der Waals surface area (Å²) in [5.74, 6) is 6.29. The van der Waals surface area contributed by atoms with Crippen molar-refractivity contribution in [1.29, 1.82) is 0 Å². The number of nitrogens with zero attached hydrogens (tertiary/aromatic N) is 3. The van der Waals surface area contributed by atoms with E-state index in [0.717, 1.165) is 11.1 Å². The van der Waals surface area contributed by atoms with Crippen LogP contribution in [-0.4, -0.2) is 27.0 Å². The molecule has 0 radical (unpaired) electrons. The highest BCUT2D eigenvalue weighted by atomic mass is 16.5. The first kappa shape index (κ1) is 24.8. The van der Waals surface area contributed by atoms with E-state index in [1.807, 2.05) is 105 Å². The van der Waals surface area contributed by atoms with Crippen molar-refractivity contribution in [2.45, 2.75) is 26.7 Å². The molecule has 1 heterocycles. The molecule has 2 N–H and O–H groups in total. The van der Waals surface area contributed by atoms with Crippen molar-refractivity contribution in [3.8, 4) is 22.8 Å². The van der Waals surface area contributed by atoms with E-state index in [0.29, 0.717) is 34.2 Å². The van der Waals surface area contributed by atoms with Crippen LogP contribution in [0.1, 0.15) is 35.5 Å². The van der Waals surface area contributed by atoms with Crippen LogP contribution < -0.4 is 10.6 Å². The van der Waals surface area contributed by atoms with Gasteiger partial charge in [-0.3, -0.25) is 9.59 Å². The van der Waals surface area contributed by atoms with Gasteiger partial charge < -0.3 is 4.74 Å². The maximum atomic E-state index is 13.2. The highest BCUT2D eigenvalue weighted by Crippen LogP contribution is 2.33. The molecule has 4 rings (SSSR count). The summed E-state index contributed by atoms with van der Waals surface area (Å²) < 4.78 is 6.08. The second-order valence-electron chi connectivity index (χ2n) is 8.84. The van der Waals surface area contributed by atoms with Crippen molar-refractivity contribution >= 4 is 11.8 Å². The molecule has 0 aliphatic rings. The number of rotatable bonds is 8. The number of hydrazine groups is 1. The normalized spacial score (nSPS) is 10.8. The van der Waals surface area contributed by atoms with E-state index in [1.165, 1.54) is 0 Å². The van der Waals surface area contributed by atoms with Crippen LogP contribution in [0.3, 0.4) is 0 Å². The van der Waals surface area contributed by atoms with E-state index in [9.17, 15) is 9.59 Å². The quantitative estimate of drug-likeness (QED) is 0.211. The Kier molecular flexibility index (Phi) is 7.82. The van der Waals surface area contributed by atoms with E-state index < -0.39 is 11.8 Å². The van der Waals surface area contributed by atoms with Crippen LogP contribution in [0.2, 0.25) is 0 Å². The maximum absolute atomic E-state index is 13.2. The lowest BCUT2D eigenvalue weighted by Crippen LogP contribution is -2.44. The van der Waals surface area contributed by atoms with Crippen molar-refractivity contribution in [2.75, 3.05) is 0 Å². The molecule has 0 fully saturated rings. The van der Waals surface area contributed by atoms with Gasteiger partial charge in [-0.1, -0.05) is 74.5 Å². The molecule has 3 aromatic carbocycles. The van der Waals surface area contributed by atoms with Crippen molar-refractivity contribution in [3.63, 3.8) is 0 Å². The number of nitrogens with two attached hydrogens (primary N) is 1. The SMILES string of the molecule is CC(C)Cc1cc(-c2ccccc2Oc2ccccc2)nnc1C(=O)N(N)C(=O)Cc1ccccc1. The zero-order chi connectivity index (χ0) is 25.5. The van der Waals surface area contributed by atoms with E-state index in [4.69, 9.17) is 10.6 Å². The Morgan fingerprint density at radius 2 is 1.53 bits per heavy atom. The lowest BCUT2D eigenvalue weighted by molar-refractivity contribution is -0.128. The number of aromatic nitrogens is 2. The molecular weight excluding hydrogens is 452 g/mol. The fourth-order valence-corrected chi connectivity index (χ4v) is 3.80. The van der Waals surface area contributed by atoms with E-state index in [-0.39, 0.29) is 18.0 Å². The van der Waals surface area contributed by atoms with Gasteiger partial charge in [0.2, 0.25) is 5.91 Å². The predicted molar refractivity (Wildman–Crippen MR) is 138 cm³/mol. The molecule has 0 aliphatic heterocycles. The van der Waals surface area contributed by atoms with Gasteiger partial charge in [0.1, 0.15) is 11.5 Å². The highest BCUT2D eigenvalue weighted by molar-refractivity contribution is 6.04. The van der Waals surface area contributed by atoms with Crippen LogP contribution >= 0.6 is 0 Å². The molecule has 0 spiro atoms. The molecule has 0 bridgehead atoms. The van der Waals surface area contributed by atoms with Crippen molar-refractivity contribution < 1.29 is 14.3 Å². The fourth-order valence-electron chi connectivity index (χ4n) is 3.80. The molecule has 0 aliphatic carbocycles. The Morgan fingerprint density at radius 1 is 0.889 bits per heavy atom. The third-order valence-electron chi connectivity index (χ3n) is 5.52. The second kappa shape index (κ2) is 11.4. The average molecular weight is 481 g/mol. The fraction of sp³-hybridized carbons (Fsp3) is 0.172. The monoisotopic (exact) mass is 480 g/mol. The molecule has 4 aromatic rings. The van der Waals surface area contributed by atoms with Gasteiger partial charge in [0, 0.05) is 5.56 Å². The lowest BCUT2D eigenvalue weighted by Gasteiger charge is -2.18. The summed E-state index contributed by atoms with van der Waals surface area (Å²) in [5.41, 5.74) is 2.80. The Morgan fingerprint density at radius 3 is 2.22 bits per heavy atom. The van der Waals surface area contributed by atoms with Gasteiger partial charge in [-0.05, 0) is 53.8 Å². The zero-order valence-electron chi connectivity index (χ0n) is 20.3. The summed E-state index contributed by atoms with van der Waals surface area (Å²) in [6.07, 6.45) is 0.574. The largest absolute Gasteiger partial charge is 0.457 e. The van der Waals surface area contributed by atoms with Gasteiger partial charge >= 0.3 is 0 Å². The van der Waals surface area contributed by atoms with Crippen LogP contribution in [0, 0.1) is 5.92 Å². The zero-order valence-corrected chi connectivity index (χ0v) is 20.3. The smallest absolute Gasteiger partial charge is 0.295 e. The molecule has 2 amide bonds. The molecule has 36 heavy (non-hydrogen) atoms. The minimum absolute atomic E-state index is 0.0122. The van der Waals surface area contributed by atoms with E-state index >= 15 is 0 Å². The molecule has 7 nitrogen and oxygen atoms in total. The van der Waals surface area contributed by atoms with E-state index in [1.54, 1.807) is 0 Å². The molecular formula is C29H28N4O3. The third kappa shape index (κ3) is 6.00. The number of para-hydroxylation sites is 2. The standard InChI is InChI=1S/C29H28N4O3/c1-20(2)17-22-19-25(24-15-9-10-16-26(24)36-23-13-7-4-8-14-23)31-32-28(22)29(35)33(30)27(34)18-21-11-5-3-6-12-21/h3-16,19-20H,17-18,30H2,1-2H3. The topological polar surface area (TPSA) is 98.4 Å². The van der Waals surface area contributed by atoms with Gasteiger partial charge in [-0.15, -0.1) is 10.2 Å². The van der Waals surface area contributed by atoms with Gasteiger partial charge in [-0.2, -0.15) is 0 Å². The summed E-state index contributed by atoms with van der Waals surface area (Å²) in [5, 5.41) is 9.19. The number of hydrogen-bond acceptors (Lipinski definition) is 6. The molecule has 1 aromatic heterocycles. The maximum Gasteiger partial charge on any atom is 0.295 e. The number of ether oxygens (including phenoxy) is 1. The van der Waals surface area contributed by atoms with Gasteiger partial charge in [-0.25, -0.2) is 10.9 Å². The first-order chi connectivity index (χ1) is 17.4. The first-order valence-corrected chi connectivity index (χ1v) is 11.8. The summed E-state index contributed by atoms with van der Waals surface area (Å²) in [6.45, 7) is 4.09. The Balaban J connectivity index is 1.64. The van der Waals surface area contributed by atoms with E-state index in [2.05, 4.69) is 10.2 Å². The number of carbonyl (C=O) groups is 2. The molecule has 182 valence electrons. The number of hydrogen-bond donors (Lipinski definition) is 1. The minimum atomic E-state index is -0.681. The van der Waals surface area contributed by atoms with Crippen molar-refractivity contribution in [1.82, 2.24) is 15.2 Å². The first-order valence-electron chi connectivity index (χ1n) is 11.8. The Hall–Kier alpha value is -4.36. The van der Waals surface area contributed by atoms with Gasteiger partial charge in [0.25, 0.3) is 5.91 Å². The molecule has 7 heteroatoms. The molecule has 0 saturated heterocycles. The Labute approximate surface area is 210 Å². The second-order valence-corrected chi connectivity index (χ2v) is 8.84. The summed E-state index contributed by atoms with van der Waals surface area (Å²) in [4.78, 5) is 25.9. The summed E-state index contributed by atoms with van der Waals surface area (Å²) in [7, 11) is 0. The van der Waals surface area contributed by atoms with Crippen LogP contribution in [0.4, 0.5) is 0 Å². The highest BCUT2D eigenvalue weighted by Gasteiger charge is 2.25. The van der Waals surface area contributed by atoms with Gasteiger partial charge in [0.15, 0.2) is 5.69 Å². The molecule has 0 saturated carbocycles. The van der Waals surface area contributed by atoms with Crippen molar-refractivity contribution in [3.05, 3.63) is 108 Å². The number of benzene rings is 3. The summed E-state index contributed by atoms with van der Waals surface area (Å²) >= 11 is 0. The lowest BCUT2D eigenvalue weighted by atomic mass is 9.99. The number of carbonyl (C=O) groups excluding carboxylic acids is 2. The van der Waals surface area contributed by atoms with Crippen LogP contribution in [0.25, 0.3) is 11.3 Å².